The average molecular weight is 324 g/mol. The summed E-state index contributed by atoms with van der Waals surface area (Å²) in [5, 5.41) is 3.36. The third kappa shape index (κ3) is 5.09. The highest BCUT2D eigenvalue weighted by Gasteiger charge is 2.39. The van der Waals surface area contributed by atoms with E-state index in [0.29, 0.717) is 12.0 Å². The predicted molar refractivity (Wildman–Crippen MR) is 92.6 cm³/mol. The maximum Gasteiger partial charge on any atom is 0.243 e. The molecule has 1 aliphatic heterocycles. The van der Waals surface area contributed by atoms with Crippen molar-refractivity contribution in [3.05, 3.63) is 0 Å². The van der Waals surface area contributed by atoms with E-state index < -0.39 is 0 Å². The minimum Gasteiger partial charge on any atom is -0.383 e. The number of likely N-dealkylation sites (tertiary alicyclic amines) is 1. The summed E-state index contributed by atoms with van der Waals surface area (Å²) >= 11 is 0. The highest BCUT2D eigenvalue weighted by Crippen LogP contribution is 2.43. The summed E-state index contributed by atoms with van der Waals surface area (Å²) in [6.45, 7) is 3.66. The van der Waals surface area contributed by atoms with E-state index >= 15 is 0 Å². The van der Waals surface area contributed by atoms with Gasteiger partial charge < -0.3 is 19.9 Å². The quantitative estimate of drug-likeness (QED) is 0.471. The topological polar surface area (TPSA) is 57.2 Å². The Morgan fingerprint density at radius 2 is 2.00 bits per heavy atom. The number of guanidine groups is 1. The smallest absolute Gasteiger partial charge is 0.243 e. The maximum absolute atomic E-state index is 11.8. The van der Waals surface area contributed by atoms with Gasteiger partial charge in [0.15, 0.2) is 5.96 Å². The second kappa shape index (κ2) is 8.52. The van der Waals surface area contributed by atoms with E-state index in [1.54, 1.807) is 26.1 Å². The van der Waals surface area contributed by atoms with E-state index in [0.717, 1.165) is 25.6 Å². The van der Waals surface area contributed by atoms with E-state index in [1.165, 1.54) is 38.5 Å². The third-order valence-electron chi connectivity index (χ3n) is 5.10. The lowest BCUT2D eigenvalue weighted by molar-refractivity contribution is -0.127. The molecule has 1 heterocycles. The number of ether oxygens (including phenoxy) is 1. The van der Waals surface area contributed by atoms with Crippen LogP contribution in [0.1, 0.15) is 38.5 Å². The fourth-order valence-corrected chi connectivity index (χ4v) is 3.64. The summed E-state index contributed by atoms with van der Waals surface area (Å²) < 4.78 is 5.12. The van der Waals surface area contributed by atoms with Gasteiger partial charge in [0.05, 0.1) is 6.61 Å². The first-order valence-corrected chi connectivity index (χ1v) is 8.79. The number of carbonyl (C=O) groups excluding carboxylic acids is 1. The van der Waals surface area contributed by atoms with Crippen LogP contribution in [0.15, 0.2) is 4.99 Å². The molecule has 0 radical (unpaired) electrons. The standard InChI is InChI=1S/C17H32N4O2/c1-20(2)15(22)13-19-16(18-10-12-23-3)21-11-9-17(14-21)7-5-4-6-8-17/h4-14H2,1-3H3,(H,18,19). The molecule has 23 heavy (non-hydrogen) atoms. The first-order chi connectivity index (χ1) is 11.1. The van der Waals surface area contributed by atoms with Crippen LogP contribution >= 0.6 is 0 Å². The van der Waals surface area contributed by atoms with E-state index in [2.05, 4.69) is 15.2 Å². The van der Waals surface area contributed by atoms with E-state index in [4.69, 9.17) is 4.74 Å². The van der Waals surface area contributed by atoms with Gasteiger partial charge in [0.25, 0.3) is 0 Å². The van der Waals surface area contributed by atoms with Crippen molar-refractivity contribution in [2.75, 3.05) is 54.0 Å². The molecule has 2 fully saturated rings. The summed E-state index contributed by atoms with van der Waals surface area (Å²) in [5.41, 5.74) is 0.480. The number of likely N-dealkylation sites (N-methyl/N-ethyl adjacent to an activating group) is 1. The molecule has 6 nitrogen and oxygen atoms in total. The molecule has 1 spiro atoms. The number of carbonyl (C=O) groups is 1. The van der Waals surface area contributed by atoms with Crippen molar-refractivity contribution < 1.29 is 9.53 Å². The molecular weight excluding hydrogens is 292 g/mol. The fraction of sp³-hybridized carbons (Fsp3) is 0.882. The Morgan fingerprint density at radius 3 is 2.65 bits per heavy atom. The van der Waals surface area contributed by atoms with Gasteiger partial charge in [-0.25, -0.2) is 4.99 Å². The normalized spacial score (nSPS) is 20.8. The summed E-state index contributed by atoms with van der Waals surface area (Å²) in [4.78, 5) is 20.3. The second-order valence-corrected chi connectivity index (χ2v) is 7.08. The zero-order valence-electron chi connectivity index (χ0n) is 14.9. The van der Waals surface area contributed by atoms with Gasteiger partial charge in [0.1, 0.15) is 6.54 Å². The van der Waals surface area contributed by atoms with Crippen LogP contribution in [0.4, 0.5) is 0 Å². The van der Waals surface area contributed by atoms with Gasteiger partial charge in [0.2, 0.25) is 5.91 Å². The summed E-state index contributed by atoms with van der Waals surface area (Å²) in [5.74, 6) is 0.891. The average Bonchev–Trinajstić information content (AvgIpc) is 2.94. The molecule has 6 heteroatoms. The minimum atomic E-state index is 0.0302. The monoisotopic (exact) mass is 324 g/mol. The van der Waals surface area contributed by atoms with Gasteiger partial charge in [-0.1, -0.05) is 19.3 Å². The molecule has 0 bridgehead atoms. The highest BCUT2D eigenvalue weighted by atomic mass is 16.5. The Kier molecular flexibility index (Phi) is 6.69. The molecule has 1 amide bonds. The van der Waals surface area contributed by atoms with Gasteiger partial charge in [-0.3, -0.25) is 4.79 Å². The molecule has 1 saturated heterocycles. The van der Waals surface area contributed by atoms with Gasteiger partial charge in [-0.2, -0.15) is 0 Å². The van der Waals surface area contributed by atoms with Crippen molar-refractivity contribution in [3.63, 3.8) is 0 Å². The van der Waals surface area contributed by atoms with Crippen LogP contribution in [0.3, 0.4) is 0 Å². The van der Waals surface area contributed by atoms with Gasteiger partial charge in [0, 0.05) is 40.8 Å². The number of amides is 1. The lowest BCUT2D eigenvalue weighted by Crippen LogP contribution is -2.43. The lowest BCUT2D eigenvalue weighted by atomic mass is 9.73. The van der Waals surface area contributed by atoms with Crippen LogP contribution in [0, 0.1) is 5.41 Å². The van der Waals surface area contributed by atoms with Gasteiger partial charge >= 0.3 is 0 Å². The highest BCUT2D eigenvalue weighted by molar-refractivity contribution is 5.85. The van der Waals surface area contributed by atoms with Crippen molar-refractivity contribution >= 4 is 11.9 Å². The first-order valence-electron chi connectivity index (χ1n) is 8.79. The zero-order valence-corrected chi connectivity index (χ0v) is 14.9. The summed E-state index contributed by atoms with van der Waals surface area (Å²) in [7, 11) is 5.23. The molecule has 2 rings (SSSR count). The maximum atomic E-state index is 11.8. The molecule has 1 N–H and O–H groups in total. The molecule has 132 valence electrons. The largest absolute Gasteiger partial charge is 0.383 e. The van der Waals surface area contributed by atoms with Crippen LogP contribution < -0.4 is 5.32 Å². The van der Waals surface area contributed by atoms with E-state index in [-0.39, 0.29) is 12.5 Å². The molecule has 0 unspecified atom stereocenters. The summed E-state index contributed by atoms with van der Waals surface area (Å²) in [6.07, 6.45) is 8.02. The van der Waals surface area contributed by atoms with Crippen molar-refractivity contribution in [1.29, 1.82) is 0 Å². The Hall–Kier alpha value is -1.30. The Bertz CT molecular complexity index is 417. The van der Waals surface area contributed by atoms with E-state index in [9.17, 15) is 4.79 Å². The van der Waals surface area contributed by atoms with Crippen molar-refractivity contribution in [2.45, 2.75) is 38.5 Å². The number of hydrogen-bond acceptors (Lipinski definition) is 3. The van der Waals surface area contributed by atoms with Crippen molar-refractivity contribution in [2.24, 2.45) is 10.4 Å². The molecule has 2 aliphatic rings. The lowest BCUT2D eigenvalue weighted by Gasteiger charge is -2.33. The van der Waals surface area contributed by atoms with Crippen LogP contribution in [-0.2, 0) is 9.53 Å². The number of rotatable bonds is 5. The van der Waals surface area contributed by atoms with E-state index in [1.807, 2.05) is 0 Å². The molecule has 0 aromatic heterocycles. The predicted octanol–water partition coefficient (Wildman–Crippen LogP) is 1.32. The molecule has 1 aliphatic carbocycles. The molecule has 0 atom stereocenters. The molecule has 0 aromatic carbocycles. The van der Waals surface area contributed by atoms with Crippen LogP contribution in [-0.4, -0.2) is 75.7 Å². The fourth-order valence-electron chi connectivity index (χ4n) is 3.64. The Morgan fingerprint density at radius 1 is 1.26 bits per heavy atom. The molecule has 1 saturated carbocycles. The molecule has 0 aromatic rings. The zero-order chi connectivity index (χ0) is 16.7. The summed E-state index contributed by atoms with van der Waals surface area (Å²) in [6, 6.07) is 0. The molecular formula is C17H32N4O2. The minimum absolute atomic E-state index is 0.0302. The number of nitrogens with one attached hydrogen (secondary N) is 1. The van der Waals surface area contributed by atoms with Crippen molar-refractivity contribution in [1.82, 2.24) is 15.1 Å². The third-order valence-corrected chi connectivity index (χ3v) is 5.10. The number of nitrogens with zero attached hydrogens (tertiary/aromatic N) is 3. The van der Waals surface area contributed by atoms with Crippen LogP contribution in [0.2, 0.25) is 0 Å². The van der Waals surface area contributed by atoms with Crippen molar-refractivity contribution in [3.8, 4) is 0 Å². The Labute approximate surface area is 140 Å². The van der Waals surface area contributed by atoms with Crippen LogP contribution in [0.25, 0.3) is 0 Å². The van der Waals surface area contributed by atoms with Gasteiger partial charge in [-0.15, -0.1) is 0 Å². The number of aliphatic imine (C=N–C) groups is 1. The van der Waals surface area contributed by atoms with Crippen LogP contribution in [0.5, 0.6) is 0 Å². The second-order valence-electron chi connectivity index (χ2n) is 7.08. The Balaban J connectivity index is 1.98. The SMILES string of the molecule is COCCNC(=NCC(=O)N(C)C)N1CCC2(CCCCC2)C1. The number of hydrogen-bond donors (Lipinski definition) is 1. The first kappa shape index (κ1) is 18.0. The number of methoxy groups -OCH3 is 1. The van der Waals surface area contributed by atoms with Gasteiger partial charge in [-0.05, 0) is 24.7 Å².